The molecule has 0 spiro atoms. The van der Waals surface area contributed by atoms with Gasteiger partial charge in [-0.2, -0.15) is 0 Å². The van der Waals surface area contributed by atoms with E-state index in [0.29, 0.717) is 15.6 Å². The molecule has 108 valence electrons. The second-order valence-corrected chi connectivity index (χ2v) is 5.68. The van der Waals surface area contributed by atoms with E-state index in [1.807, 2.05) is 43.3 Å². The molecule has 0 atom stereocenters. The van der Waals surface area contributed by atoms with E-state index >= 15 is 0 Å². The number of H-pyrrole nitrogens is 1. The predicted molar refractivity (Wildman–Crippen MR) is 94.3 cm³/mol. The van der Waals surface area contributed by atoms with Crippen LogP contribution in [0.4, 0.5) is 11.5 Å². The predicted octanol–water partition coefficient (Wildman–Crippen LogP) is 4.98. The van der Waals surface area contributed by atoms with Gasteiger partial charge in [0.05, 0.1) is 5.52 Å². The molecule has 1 aromatic heterocycles. The van der Waals surface area contributed by atoms with Crippen molar-refractivity contribution in [2.24, 2.45) is 0 Å². The summed E-state index contributed by atoms with van der Waals surface area (Å²) in [6.45, 7) is 1.95. The fourth-order valence-electron chi connectivity index (χ4n) is 2.20. The van der Waals surface area contributed by atoms with Crippen molar-refractivity contribution < 1.29 is 0 Å². The highest BCUT2D eigenvalue weighted by atomic mass is 35.5. The van der Waals surface area contributed by atoms with Gasteiger partial charge in [0.2, 0.25) is 0 Å². The minimum Gasteiger partial charge on any atom is -0.340 e. The van der Waals surface area contributed by atoms with Crippen molar-refractivity contribution in [3.63, 3.8) is 0 Å². The van der Waals surface area contributed by atoms with Crippen LogP contribution in [-0.2, 0) is 0 Å². The summed E-state index contributed by atoms with van der Waals surface area (Å²) in [7, 11) is 0. The molecule has 0 saturated heterocycles. The molecule has 0 amide bonds. The Hall–Kier alpha value is -2.35. The molecule has 2 aromatic carbocycles. The molecule has 5 heteroatoms. The quantitative estimate of drug-likeness (QED) is 0.515. The number of halogens is 1. The summed E-state index contributed by atoms with van der Waals surface area (Å²) in [5.74, 6) is 3.29. The molecular formula is C17H12ClN3S. The number of terminal acetylenes is 1. The Morgan fingerprint density at radius 2 is 2.14 bits per heavy atom. The third kappa shape index (κ3) is 2.82. The number of benzene rings is 2. The zero-order chi connectivity index (χ0) is 15.7. The van der Waals surface area contributed by atoms with Crippen LogP contribution < -0.4 is 5.32 Å². The topological polar surface area (TPSA) is 40.7 Å². The van der Waals surface area contributed by atoms with E-state index in [1.165, 1.54) is 0 Å². The van der Waals surface area contributed by atoms with E-state index in [0.717, 1.165) is 27.7 Å². The summed E-state index contributed by atoms with van der Waals surface area (Å²) < 4.78 is 0.392. The number of nitrogens with one attached hydrogen (secondary N) is 2. The van der Waals surface area contributed by atoms with Crippen LogP contribution in [0.1, 0.15) is 11.1 Å². The molecule has 0 fully saturated rings. The maximum atomic E-state index is 6.18. The highest BCUT2D eigenvalue weighted by molar-refractivity contribution is 7.71. The fourth-order valence-corrected chi connectivity index (χ4v) is 2.57. The number of nitrogens with zero attached hydrogens (tertiary/aromatic N) is 1. The van der Waals surface area contributed by atoms with Gasteiger partial charge in [0.15, 0.2) is 4.77 Å². The summed E-state index contributed by atoms with van der Waals surface area (Å²) in [6, 6.07) is 11.4. The van der Waals surface area contributed by atoms with Crippen molar-refractivity contribution in [2.45, 2.75) is 6.92 Å². The van der Waals surface area contributed by atoms with Crippen molar-refractivity contribution in [2.75, 3.05) is 5.32 Å². The Bertz CT molecular complexity index is 970. The third-order valence-corrected chi connectivity index (χ3v) is 3.90. The SMILES string of the molecule is C#Cc1cccc(Nc2nc(=S)[nH]c3cc(Cl)c(C)cc23)c1. The largest absolute Gasteiger partial charge is 0.340 e. The molecule has 0 unspecified atom stereocenters. The highest BCUT2D eigenvalue weighted by Gasteiger charge is 2.07. The number of aryl methyl sites for hydroxylation is 1. The van der Waals surface area contributed by atoms with E-state index in [2.05, 4.69) is 21.2 Å². The number of hydrogen-bond donors (Lipinski definition) is 2. The van der Waals surface area contributed by atoms with Crippen molar-refractivity contribution in [1.29, 1.82) is 0 Å². The van der Waals surface area contributed by atoms with Crippen molar-refractivity contribution in [3.8, 4) is 12.3 Å². The van der Waals surface area contributed by atoms with Gasteiger partial charge < -0.3 is 10.3 Å². The first kappa shape index (κ1) is 14.6. The normalized spacial score (nSPS) is 10.4. The minimum atomic E-state index is 0.392. The fraction of sp³-hybridized carbons (Fsp3) is 0.0588. The first-order valence-corrected chi connectivity index (χ1v) is 7.39. The van der Waals surface area contributed by atoms with Crippen molar-refractivity contribution in [1.82, 2.24) is 9.97 Å². The second-order valence-electron chi connectivity index (χ2n) is 4.89. The van der Waals surface area contributed by atoms with Crippen LogP contribution in [0.5, 0.6) is 0 Å². The van der Waals surface area contributed by atoms with Crippen LogP contribution in [0.25, 0.3) is 10.9 Å². The van der Waals surface area contributed by atoms with Crippen LogP contribution in [0.2, 0.25) is 5.02 Å². The molecule has 0 aliphatic heterocycles. The zero-order valence-electron chi connectivity index (χ0n) is 11.8. The van der Waals surface area contributed by atoms with Gasteiger partial charge >= 0.3 is 0 Å². The Labute approximate surface area is 138 Å². The van der Waals surface area contributed by atoms with Gasteiger partial charge in [0.25, 0.3) is 0 Å². The summed E-state index contributed by atoms with van der Waals surface area (Å²) in [6.07, 6.45) is 5.43. The molecule has 0 radical (unpaired) electrons. The summed E-state index contributed by atoms with van der Waals surface area (Å²) in [5.41, 5.74) is 3.47. The van der Waals surface area contributed by atoms with Crippen LogP contribution in [0.15, 0.2) is 36.4 Å². The number of rotatable bonds is 2. The third-order valence-electron chi connectivity index (χ3n) is 3.30. The summed E-state index contributed by atoms with van der Waals surface area (Å²) >= 11 is 11.4. The van der Waals surface area contributed by atoms with Crippen LogP contribution in [0.3, 0.4) is 0 Å². The van der Waals surface area contributed by atoms with Gasteiger partial charge in [0.1, 0.15) is 5.82 Å². The van der Waals surface area contributed by atoms with Gasteiger partial charge in [-0.05, 0) is 55.0 Å². The Kier molecular flexibility index (Phi) is 3.84. The number of fused-ring (bicyclic) bond motifs is 1. The molecule has 3 rings (SSSR count). The number of aromatic nitrogens is 2. The standard InChI is InChI=1S/C17H12ClN3S/c1-3-11-5-4-6-12(8-11)19-16-13-7-10(2)14(18)9-15(13)20-17(22)21-16/h1,4-9H,2H3,(H2,19,20,21,22). The Morgan fingerprint density at radius 3 is 2.91 bits per heavy atom. The van der Waals surface area contributed by atoms with E-state index < -0.39 is 0 Å². The molecule has 22 heavy (non-hydrogen) atoms. The smallest absolute Gasteiger partial charge is 0.199 e. The highest BCUT2D eigenvalue weighted by Crippen LogP contribution is 2.28. The zero-order valence-corrected chi connectivity index (χ0v) is 13.3. The second kappa shape index (κ2) is 5.80. The molecule has 0 bridgehead atoms. The van der Waals surface area contributed by atoms with Crippen molar-refractivity contribution >= 4 is 46.2 Å². The van der Waals surface area contributed by atoms with Gasteiger partial charge in [-0.25, -0.2) is 4.98 Å². The van der Waals surface area contributed by atoms with Gasteiger partial charge in [-0.3, -0.25) is 0 Å². The molecule has 0 saturated carbocycles. The minimum absolute atomic E-state index is 0.392. The first-order valence-electron chi connectivity index (χ1n) is 6.61. The first-order chi connectivity index (χ1) is 10.6. The van der Waals surface area contributed by atoms with E-state index in [1.54, 1.807) is 0 Å². The molecule has 0 aliphatic carbocycles. The van der Waals surface area contributed by atoms with Crippen molar-refractivity contribution in [3.05, 3.63) is 57.3 Å². The number of anilines is 2. The summed E-state index contributed by atoms with van der Waals surface area (Å²) in [5, 5.41) is 4.88. The van der Waals surface area contributed by atoms with Gasteiger partial charge in [-0.1, -0.05) is 23.6 Å². The maximum absolute atomic E-state index is 6.18. The van der Waals surface area contributed by atoms with Gasteiger partial charge in [0, 0.05) is 21.7 Å². The lowest BCUT2D eigenvalue weighted by atomic mass is 10.1. The Morgan fingerprint density at radius 1 is 1.32 bits per heavy atom. The average molecular weight is 326 g/mol. The van der Waals surface area contributed by atoms with Gasteiger partial charge in [-0.15, -0.1) is 6.42 Å². The van der Waals surface area contributed by atoms with Crippen LogP contribution >= 0.6 is 23.8 Å². The van der Waals surface area contributed by atoms with Crippen LogP contribution in [-0.4, -0.2) is 9.97 Å². The lowest BCUT2D eigenvalue weighted by Crippen LogP contribution is -1.98. The Balaban J connectivity index is 2.15. The molecule has 0 aliphatic rings. The lowest BCUT2D eigenvalue weighted by Gasteiger charge is -2.10. The number of aromatic amines is 1. The molecule has 1 heterocycles. The van der Waals surface area contributed by atoms with E-state index in [4.69, 9.17) is 30.2 Å². The lowest BCUT2D eigenvalue weighted by molar-refractivity contribution is 1.18. The average Bonchev–Trinajstić information content (AvgIpc) is 2.49. The van der Waals surface area contributed by atoms with E-state index in [9.17, 15) is 0 Å². The van der Waals surface area contributed by atoms with E-state index in [-0.39, 0.29) is 0 Å². The molecule has 3 nitrogen and oxygen atoms in total. The van der Waals surface area contributed by atoms with Crippen LogP contribution in [0, 0.1) is 24.0 Å². The molecular weight excluding hydrogens is 314 g/mol. The monoisotopic (exact) mass is 325 g/mol. The maximum Gasteiger partial charge on any atom is 0.199 e. The number of hydrogen-bond acceptors (Lipinski definition) is 3. The summed E-state index contributed by atoms with van der Waals surface area (Å²) in [4.78, 5) is 7.43. The molecule has 2 N–H and O–H groups in total. The molecule has 3 aromatic rings.